The van der Waals surface area contributed by atoms with E-state index in [-0.39, 0.29) is 5.69 Å². The molecular formula is C18H22N6O4. The van der Waals surface area contributed by atoms with Crippen LogP contribution in [0.1, 0.15) is 54.9 Å². The van der Waals surface area contributed by atoms with E-state index in [1.165, 1.54) is 18.6 Å². The number of nitrogens with one attached hydrogen (secondary N) is 2. The summed E-state index contributed by atoms with van der Waals surface area (Å²) in [5, 5.41) is 27.8. The van der Waals surface area contributed by atoms with Crippen molar-refractivity contribution in [3.05, 3.63) is 40.7 Å². The van der Waals surface area contributed by atoms with Crippen molar-refractivity contribution in [2.75, 3.05) is 0 Å². The Morgan fingerprint density at radius 2 is 2.18 bits per heavy atom. The summed E-state index contributed by atoms with van der Waals surface area (Å²) in [6.07, 6.45) is 5.74. The second-order valence-electron chi connectivity index (χ2n) is 8.45. The molecule has 0 radical (unpaired) electrons. The van der Waals surface area contributed by atoms with E-state index in [9.17, 15) is 14.8 Å². The van der Waals surface area contributed by atoms with Crippen LogP contribution in [0, 0.1) is 16.5 Å². The molecule has 2 aromatic heterocycles. The molecule has 2 aliphatic rings. The molecule has 0 unspecified atom stereocenters. The standard InChI is InChI=1S/C18H22N6O4/c1-18(2,3)15(17(26)22-27)20-16(25)13-11-7-9-6-10(9)14(11)24(21-13)12-8-23(28)5-4-19-12/h4-5,8-10,15,27H,6-7H2,1-3H3,(H,20,25)(H,22,26)/t9-,10-,15-/m1/s1. The van der Waals surface area contributed by atoms with Crippen LogP contribution in [0.4, 0.5) is 0 Å². The Balaban J connectivity index is 1.71. The van der Waals surface area contributed by atoms with Crippen LogP contribution < -0.4 is 15.5 Å². The van der Waals surface area contributed by atoms with Crippen molar-refractivity contribution in [1.29, 1.82) is 0 Å². The van der Waals surface area contributed by atoms with Gasteiger partial charge < -0.3 is 10.5 Å². The van der Waals surface area contributed by atoms with Gasteiger partial charge in [-0.05, 0) is 24.2 Å². The van der Waals surface area contributed by atoms with E-state index in [1.807, 2.05) is 0 Å². The summed E-state index contributed by atoms with van der Waals surface area (Å²) in [7, 11) is 0. The maximum atomic E-state index is 13.0. The summed E-state index contributed by atoms with van der Waals surface area (Å²) < 4.78 is 2.20. The number of carbonyl (C=O) groups is 2. The summed E-state index contributed by atoms with van der Waals surface area (Å²) in [6, 6.07) is -0.944. The third kappa shape index (κ3) is 2.99. The van der Waals surface area contributed by atoms with Crippen LogP contribution in [0.3, 0.4) is 0 Å². The van der Waals surface area contributed by atoms with Crippen molar-refractivity contribution < 1.29 is 19.5 Å². The first-order valence-electron chi connectivity index (χ1n) is 9.12. The number of fused-ring (bicyclic) bond motifs is 3. The first-order chi connectivity index (χ1) is 13.2. The van der Waals surface area contributed by atoms with Gasteiger partial charge in [-0.2, -0.15) is 9.83 Å². The lowest BCUT2D eigenvalue weighted by atomic mass is 9.86. The predicted molar refractivity (Wildman–Crippen MR) is 95.5 cm³/mol. The van der Waals surface area contributed by atoms with E-state index in [2.05, 4.69) is 15.4 Å². The molecule has 2 aliphatic carbocycles. The predicted octanol–water partition coefficient (Wildman–Crippen LogP) is 0.210. The quantitative estimate of drug-likeness (QED) is 0.297. The van der Waals surface area contributed by atoms with Crippen molar-refractivity contribution in [2.45, 2.75) is 45.6 Å². The van der Waals surface area contributed by atoms with E-state index >= 15 is 0 Å². The Morgan fingerprint density at radius 1 is 1.43 bits per heavy atom. The molecular weight excluding hydrogens is 364 g/mol. The number of amides is 2. The summed E-state index contributed by atoms with van der Waals surface area (Å²) in [6.45, 7) is 5.35. The Bertz CT molecular complexity index is 963. The van der Waals surface area contributed by atoms with Gasteiger partial charge in [-0.1, -0.05) is 20.8 Å². The second-order valence-corrected chi connectivity index (χ2v) is 8.45. The topological polar surface area (TPSA) is 136 Å². The number of nitrogens with zero attached hydrogens (tertiary/aromatic N) is 4. The van der Waals surface area contributed by atoms with Gasteiger partial charge in [-0.3, -0.25) is 14.8 Å². The smallest absolute Gasteiger partial charge is 0.272 e. The number of aromatic nitrogens is 4. The van der Waals surface area contributed by atoms with E-state index in [0.29, 0.717) is 22.4 Å². The van der Waals surface area contributed by atoms with Gasteiger partial charge in [-0.25, -0.2) is 15.1 Å². The molecule has 1 saturated carbocycles. The summed E-state index contributed by atoms with van der Waals surface area (Å²) in [5.74, 6) is -0.0539. The molecule has 10 heteroatoms. The third-order valence-corrected chi connectivity index (χ3v) is 5.37. The lowest BCUT2D eigenvalue weighted by molar-refractivity contribution is -0.605. The lowest BCUT2D eigenvalue weighted by Crippen LogP contribution is -2.53. The average molecular weight is 386 g/mol. The minimum Gasteiger partial charge on any atom is -0.619 e. The van der Waals surface area contributed by atoms with Crippen LogP contribution >= 0.6 is 0 Å². The molecule has 4 rings (SSSR count). The maximum absolute atomic E-state index is 13.0. The second kappa shape index (κ2) is 6.26. The molecule has 10 nitrogen and oxygen atoms in total. The fourth-order valence-corrected chi connectivity index (χ4v) is 3.89. The van der Waals surface area contributed by atoms with Gasteiger partial charge in [0.05, 0.1) is 11.9 Å². The van der Waals surface area contributed by atoms with E-state index in [0.717, 1.165) is 24.1 Å². The third-order valence-electron chi connectivity index (χ3n) is 5.37. The van der Waals surface area contributed by atoms with E-state index in [4.69, 9.17) is 5.21 Å². The molecule has 1 fully saturated rings. The number of hydrogen-bond acceptors (Lipinski definition) is 6. The molecule has 0 aromatic carbocycles. The molecule has 28 heavy (non-hydrogen) atoms. The highest BCUT2D eigenvalue weighted by atomic mass is 16.5. The number of hydroxylamine groups is 1. The summed E-state index contributed by atoms with van der Waals surface area (Å²) in [4.78, 5) is 29.2. The van der Waals surface area contributed by atoms with Crippen molar-refractivity contribution in [1.82, 2.24) is 25.6 Å². The highest BCUT2D eigenvalue weighted by Gasteiger charge is 2.50. The van der Waals surface area contributed by atoms with Crippen molar-refractivity contribution >= 4 is 11.8 Å². The van der Waals surface area contributed by atoms with Crippen LogP contribution in [-0.4, -0.2) is 37.8 Å². The van der Waals surface area contributed by atoms with Crippen LogP contribution in [0.25, 0.3) is 5.82 Å². The Morgan fingerprint density at radius 3 is 2.82 bits per heavy atom. The van der Waals surface area contributed by atoms with Crippen molar-refractivity contribution in [3.8, 4) is 5.82 Å². The fourth-order valence-electron chi connectivity index (χ4n) is 3.89. The fraction of sp³-hybridized carbons (Fsp3) is 0.500. The molecule has 2 amide bonds. The van der Waals surface area contributed by atoms with E-state index < -0.39 is 23.3 Å². The van der Waals surface area contributed by atoms with Gasteiger partial charge >= 0.3 is 0 Å². The highest BCUT2D eigenvalue weighted by Crippen LogP contribution is 2.57. The molecule has 3 N–H and O–H groups in total. The van der Waals surface area contributed by atoms with Crippen LogP contribution in [-0.2, 0) is 11.2 Å². The maximum Gasteiger partial charge on any atom is 0.272 e. The SMILES string of the molecule is CC(C)(C)[C@H](NC(=O)c1nn(-c2c[n+]([O-])ccn2)c2c1C[C@H]1C[C@@H]21)C(=O)NO. The van der Waals surface area contributed by atoms with Crippen LogP contribution in [0.15, 0.2) is 18.6 Å². The first-order valence-corrected chi connectivity index (χ1v) is 9.12. The largest absolute Gasteiger partial charge is 0.619 e. The molecule has 0 aliphatic heterocycles. The van der Waals surface area contributed by atoms with Gasteiger partial charge in [0.25, 0.3) is 11.8 Å². The zero-order valence-electron chi connectivity index (χ0n) is 15.8. The molecule has 2 aromatic rings. The Labute approximate surface area is 161 Å². The monoisotopic (exact) mass is 386 g/mol. The molecule has 2 heterocycles. The molecule has 3 atom stereocenters. The van der Waals surface area contributed by atoms with Gasteiger partial charge in [0.2, 0.25) is 12.0 Å². The van der Waals surface area contributed by atoms with Crippen molar-refractivity contribution in [2.24, 2.45) is 11.3 Å². The molecule has 0 bridgehead atoms. The van der Waals surface area contributed by atoms with Gasteiger partial charge in [0.1, 0.15) is 6.04 Å². The number of hydrogen-bond donors (Lipinski definition) is 3. The van der Waals surface area contributed by atoms with E-state index in [1.54, 1.807) is 30.9 Å². The molecule has 0 saturated heterocycles. The summed E-state index contributed by atoms with van der Waals surface area (Å²) in [5.41, 5.74) is 2.96. The zero-order valence-corrected chi connectivity index (χ0v) is 15.8. The minimum atomic E-state index is -0.944. The molecule has 148 valence electrons. The normalized spacial score (nSPS) is 20.9. The van der Waals surface area contributed by atoms with Crippen LogP contribution in [0.5, 0.6) is 0 Å². The van der Waals surface area contributed by atoms with Gasteiger partial charge in [-0.15, -0.1) is 0 Å². The zero-order chi connectivity index (χ0) is 20.2. The van der Waals surface area contributed by atoms with Crippen LogP contribution in [0.2, 0.25) is 0 Å². The Kier molecular flexibility index (Phi) is 4.11. The van der Waals surface area contributed by atoms with Crippen molar-refractivity contribution in [3.63, 3.8) is 0 Å². The Hall–Kier alpha value is -3.01. The molecule has 0 spiro atoms. The number of carbonyl (C=O) groups excluding carboxylic acids is 2. The lowest BCUT2D eigenvalue weighted by Gasteiger charge is -2.29. The van der Waals surface area contributed by atoms with Gasteiger partial charge in [0.15, 0.2) is 11.9 Å². The average Bonchev–Trinajstić information content (AvgIpc) is 3.13. The highest BCUT2D eigenvalue weighted by molar-refractivity contribution is 5.97. The van der Waals surface area contributed by atoms with Gasteiger partial charge in [0, 0.05) is 11.5 Å². The summed E-state index contributed by atoms with van der Waals surface area (Å²) >= 11 is 0. The first kappa shape index (κ1) is 18.4. The minimum absolute atomic E-state index is 0.227. The number of rotatable bonds is 4.